The highest BCUT2D eigenvalue weighted by Gasteiger charge is 2.40. The van der Waals surface area contributed by atoms with E-state index in [-0.39, 0.29) is 67.6 Å². The van der Waals surface area contributed by atoms with Gasteiger partial charge in [-0.05, 0) is 63.4 Å². The predicted molar refractivity (Wildman–Crippen MR) is 158 cm³/mol. The van der Waals surface area contributed by atoms with Crippen molar-refractivity contribution in [1.29, 1.82) is 0 Å². The van der Waals surface area contributed by atoms with Crippen LogP contribution in [0.15, 0.2) is 30.3 Å². The molecule has 3 aliphatic rings. The summed E-state index contributed by atoms with van der Waals surface area (Å²) >= 11 is 0. The van der Waals surface area contributed by atoms with E-state index in [0.29, 0.717) is 50.7 Å². The Morgan fingerprint density at radius 2 is 1.70 bits per heavy atom. The number of carbonyl (C=O) groups is 2. The summed E-state index contributed by atoms with van der Waals surface area (Å²) in [6, 6.07) is 7.62. The molecule has 2 N–H and O–H groups in total. The number of halogens is 1. The molecular weight excluding hydrogens is 557 g/mol. The minimum atomic E-state index is -0.957. The molecule has 2 amide bonds. The lowest BCUT2D eigenvalue weighted by atomic mass is 10.0. The van der Waals surface area contributed by atoms with E-state index >= 15 is 0 Å². The van der Waals surface area contributed by atoms with E-state index in [1.54, 1.807) is 17.0 Å². The van der Waals surface area contributed by atoms with Gasteiger partial charge >= 0.3 is 6.09 Å². The van der Waals surface area contributed by atoms with Gasteiger partial charge in [-0.15, -0.1) is 0 Å². The van der Waals surface area contributed by atoms with Gasteiger partial charge in [0.15, 0.2) is 0 Å². The van der Waals surface area contributed by atoms with Crippen molar-refractivity contribution in [2.75, 3.05) is 50.9 Å². The maximum atomic E-state index is 14.1. The molecule has 12 heteroatoms. The highest BCUT2D eigenvalue weighted by atomic mass is 19.1. The second kappa shape index (κ2) is 13.1. The van der Waals surface area contributed by atoms with Gasteiger partial charge in [0, 0.05) is 43.8 Å². The summed E-state index contributed by atoms with van der Waals surface area (Å²) in [6.07, 6.45) is -0.554. The first kappa shape index (κ1) is 31.1. The number of carbonyl (C=O) groups excluding carboxylic acids is 1. The van der Waals surface area contributed by atoms with E-state index < -0.39 is 6.09 Å². The van der Waals surface area contributed by atoms with Gasteiger partial charge in [-0.2, -0.15) is 0 Å². The van der Waals surface area contributed by atoms with Crippen molar-refractivity contribution in [1.82, 2.24) is 19.7 Å². The van der Waals surface area contributed by atoms with Crippen LogP contribution in [0.2, 0.25) is 0 Å². The first-order chi connectivity index (χ1) is 20.5. The number of benzene rings is 1. The van der Waals surface area contributed by atoms with Crippen LogP contribution >= 0.6 is 0 Å². The summed E-state index contributed by atoms with van der Waals surface area (Å²) in [4.78, 5) is 38.4. The van der Waals surface area contributed by atoms with Crippen LogP contribution in [0.5, 0.6) is 5.88 Å². The molecule has 1 aromatic carbocycles. The van der Waals surface area contributed by atoms with Gasteiger partial charge in [0.25, 0.3) is 0 Å². The zero-order valence-electron chi connectivity index (χ0n) is 25.3. The number of hydrogen-bond donors (Lipinski definition) is 2. The minimum Gasteiger partial charge on any atom is -0.474 e. The number of fused-ring (bicyclic) bond motifs is 1. The molecule has 234 valence electrons. The van der Waals surface area contributed by atoms with Crippen molar-refractivity contribution in [3.8, 4) is 5.88 Å². The summed E-state index contributed by atoms with van der Waals surface area (Å²) in [5.74, 6) is -0.176. The maximum absolute atomic E-state index is 14.1. The zero-order chi connectivity index (χ0) is 30.8. The van der Waals surface area contributed by atoms with Crippen LogP contribution in [0.1, 0.15) is 44.5 Å². The smallest absolute Gasteiger partial charge is 0.407 e. The van der Waals surface area contributed by atoms with Crippen LogP contribution in [0.4, 0.5) is 14.9 Å². The number of ether oxygens (including phenoxy) is 2. The molecule has 2 fully saturated rings. The van der Waals surface area contributed by atoms with E-state index in [1.165, 1.54) is 17.0 Å². The van der Waals surface area contributed by atoms with Crippen molar-refractivity contribution in [2.45, 2.75) is 70.9 Å². The number of nitrogens with zero attached hydrogens (tertiary/aromatic N) is 5. The number of carboxylic acid groups (broad SMARTS) is 1. The van der Waals surface area contributed by atoms with Gasteiger partial charge in [-0.25, -0.2) is 14.2 Å². The summed E-state index contributed by atoms with van der Waals surface area (Å²) in [5.41, 5.74) is 2.54. The molecule has 5 atom stereocenters. The molecule has 11 nitrogen and oxygen atoms in total. The zero-order valence-corrected chi connectivity index (χ0v) is 25.3. The highest BCUT2D eigenvalue weighted by molar-refractivity contribution is 5.97. The van der Waals surface area contributed by atoms with Gasteiger partial charge < -0.3 is 29.5 Å². The van der Waals surface area contributed by atoms with Crippen molar-refractivity contribution in [2.24, 2.45) is 0 Å². The van der Waals surface area contributed by atoms with E-state index in [0.717, 1.165) is 11.1 Å². The highest BCUT2D eigenvalue weighted by Crippen LogP contribution is 2.35. The standard InChI is InChI=1S/C31H42FN5O6/c1-19-11-34(26(13-36(19)31(40)41)12-35-20(2)16-42-17-21(35)3)14-29(39)37-22(4)18-43-30-28(37)10-24(27(15-38)33-30)9-23-5-7-25(32)8-6-23/h5-8,10,19-22,26,38H,9,11-18H2,1-4H3,(H,40,41)/t19-,20-,21-,22?,26+/m1/s1. The average molecular weight is 600 g/mol. The van der Waals surface area contributed by atoms with E-state index in [2.05, 4.69) is 28.6 Å². The lowest BCUT2D eigenvalue weighted by Gasteiger charge is -2.48. The van der Waals surface area contributed by atoms with Crippen molar-refractivity contribution >= 4 is 17.7 Å². The second-order valence-corrected chi connectivity index (χ2v) is 12.1. The number of pyridine rings is 1. The fourth-order valence-electron chi connectivity index (χ4n) is 6.48. The predicted octanol–water partition coefficient (Wildman–Crippen LogP) is 2.58. The molecule has 0 radical (unpaired) electrons. The number of anilines is 1. The molecule has 1 aromatic heterocycles. The Labute approximate surface area is 251 Å². The third-order valence-corrected chi connectivity index (χ3v) is 8.84. The molecular formula is C31H42FN5O6. The summed E-state index contributed by atoms with van der Waals surface area (Å²) < 4.78 is 25.1. The van der Waals surface area contributed by atoms with Crippen LogP contribution in [0.3, 0.4) is 0 Å². The molecule has 43 heavy (non-hydrogen) atoms. The largest absolute Gasteiger partial charge is 0.474 e. The Bertz CT molecular complexity index is 1300. The molecule has 2 saturated heterocycles. The number of piperazine rings is 1. The molecule has 2 aromatic rings. The topological polar surface area (TPSA) is 119 Å². The number of aliphatic hydroxyl groups excluding tert-OH is 1. The van der Waals surface area contributed by atoms with Gasteiger partial charge in [0.1, 0.15) is 18.1 Å². The van der Waals surface area contributed by atoms with Crippen LogP contribution in [-0.4, -0.2) is 118 Å². The van der Waals surface area contributed by atoms with Gasteiger partial charge in [0.05, 0.1) is 38.1 Å². The van der Waals surface area contributed by atoms with Gasteiger partial charge in [0.2, 0.25) is 11.8 Å². The van der Waals surface area contributed by atoms with Gasteiger partial charge in [-0.3, -0.25) is 14.6 Å². The molecule has 0 spiro atoms. The fourth-order valence-corrected chi connectivity index (χ4v) is 6.48. The monoisotopic (exact) mass is 599 g/mol. The van der Waals surface area contributed by atoms with E-state index in [4.69, 9.17) is 9.47 Å². The molecule has 0 bridgehead atoms. The number of rotatable bonds is 7. The molecule has 0 saturated carbocycles. The number of aromatic nitrogens is 1. The lowest BCUT2D eigenvalue weighted by molar-refractivity contribution is -0.122. The third kappa shape index (κ3) is 6.77. The van der Waals surface area contributed by atoms with Gasteiger partial charge in [-0.1, -0.05) is 12.1 Å². The third-order valence-electron chi connectivity index (χ3n) is 8.84. The molecule has 0 aliphatic carbocycles. The number of amides is 2. The van der Waals surface area contributed by atoms with Crippen LogP contribution in [0.25, 0.3) is 0 Å². The molecule has 3 aliphatic heterocycles. The second-order valence-electron chi connectivity index (χ2n) is 12.1. The van der Waals surface area contributed by atoms with Crippen molar-refractivity contribution < 1.29 is 33.7 Å². The molecule has 4 heterocycles. The number of morpholine rings is 1. The number of aliphatic hydroxyl groups is 1. The Morgan fingerprint density at radius 3 is 2.35 bits per heavy atom. The quantitative estimate of drug-likeness (QED) is 0.495. The number of hydrogen-bond acceptors (Lipinski definition) is 8. The summed E-state index contributed by atoms with van der Waals surface area (Å²) in [5, 5.41) is 19.9. The fraction of sp³-hybridized carbons (Fsp3) is 0.581. The first-order valence-corrected chi connectivity index (χ1v) is 15.0. The Kier molecular flexibility index (Phi) is 9.50. The van der Waals surface area contributed by atoms with Crippen LogP contribution in [-0.2, 0) is 22.6 Å². The minimum absolute atomic E-state index is 0.106. The lowest BCUT2D eigenvalue weighted by Crippen LogP contribution is -2.65. The van der Waals surface area contributed by atoms with Crippen molar-refractivity contribution in [3.63, 3.8) is 0 Å². The van der Waals surface area contributed by atoms with Crippen LogP contribution < -0.4 is 9.64 Å². The molecule has 1 unspecified atom stereocenters. The summed E-state index contributed by atoms with van der Waals surface area (Å²) in [7, 11) is 0. The SMILES string of the molecule is CC1COc2nc(CO)c(Cc3ccc(F)cc3)cc2N1C(=O)CN1C[C@@H](C)N(C(=O)O)C[C@@H]1CN1[C@H](C)COC[C@H]1C. The first-order valence-electron chi connectivity index (χ1n) is 15.0. The Morgan fingerprint density at radius 1 is 1.00 bits per heavy atom. The van der Waals surface area contributed by atoms with Crippen LogP contribution in [0, 0.1) is 5.82 Å². The van der Waals surface area contributed by atoms with E-state index in [1.807, 2.05) is 19.9 Å². The molecule has 5 rings (SSSR count). The average Bonchev–Trinajstić information content (AvgIpc) is 2.96. The Hall–Kier alpha value is -3.32. The Balaban J connectivity index is 1.41. The van der Waals surface area contributed by atoms with Crippen molar-refractivity contribution in [3.05, 3.63) is 53.0 Å². The normalized spacial score (nSPS) is 26.6. The van der Waals surface area contributed by atoms with E-state index in [9.17, 15) is 24.2 Å². The maximum Gasteiger partial charge on any atom is 0.407 e. The summed E-state index contributed by atoms with van der Waals surface area (Å²) in [6.45, 7) is 10.6.